The number of carboxylic acid groups (broad SMARTS) is 1. The van der Waals surface area contributed by atoms with Crippen LogP contribution in [0.5, 0.6) is 0 Å². The van der Waals surface area contributed by atoms with Gasteiger partial charge in [-0.15, -0.1) is 0 Å². The topological polar surface area (TPSA) is 563 Å². The fourth-order valence-corrected chi connectivity index (χ4v) is 14.9. The average molecular weight is 1330 g/mol. The Kier molecular flexibility index (Phi) is 23.7. The van der Waals surface area contributed by atoms with E-state index in [0.29, 0.717) is 6.42 Å². The van der Waals surface area contributed by atoms with Crippen molar-refractivity contribution in [2.75, 3.05) is 19.8 Å². The first-order valence-corrected chi connectivity index (χ1v) is 31.4. The molecule has 15 unspecified atom stereocenters. The molecule has 4 saturated carbocycles. The summed E-state index contributed by atoms with van der Waals surface area (Å²) in [5.74, 6) is -8.50. The molecule has 0 aromatic carbocycles. The molecule has 6 aliphatic heterocycles. The van der Waals surface area contributed by atoms with Gasteiger partial charge in [0.15, 0.2) is 43.2 Å². The van der Waals surface area contributed by atoms with Gasteiger partial charge < -0.3 is 154 Å². The second-order valence-corrected chi connectivity index (χ2v) is 26.2. The van der Waals surface area contributed by atoms with Crippen molar-refractivity contribution in [3.05, 3.63) is 0 Å². The lowest BCUT2D eigenvalue weighted by Gasteiger charge is -2.51. The van der Waals surface area contributed by atoms with Crippen LogP contribution in [-0.2, 0) is 76.0 Å². The Hall–Kier alpha value is -3.04. The Bertz CT molecular complexity index is 2460. The number of hydrogen-bond acceptors (Lipinski definition) is 34. The fraction of sp³-hybridized carbons (Fsp3) is 0.930. The lowest BCUT2D eigenvalue weighted by Crippen LogP contribution is -2.67. The monoisotopic (exact) mass is 1330 g/mol. The summed E-state index contributed by atoms with van der Waals surface area (Å²) in [5.41, 5.74) is 0. The van der Waals surface area contributed by atoms with Gasteiger partial charge in [0.1, 0.15) is 105 Å². The van der Waals surface area contributed by atoms with Crippen LogP contribution in [0.4, 0.5) is 0 Å². The largest absolute Gasteiger partial charge is 0.479 e. The highest BCUT2D eigenvalue weighted by Gasteiger charge is 2.60. The summed E-state index contributed by atoms with van der Waals surface area (Å²) < 4.78 is 70.9. The number of carbonyl (C=O) groups is 4. The van der Waals surface area contributed by atoms with Crippen LogP contribution in [0.2, 0.25) is 0 Å². The average Bonchev–Trinajstić information content (AvgIpc) is 0.901. The van der Waals surface area contributed by atoms with E-state index in [1.165, 1.54) is 0 Å². The molecule has 0 aromatic rings. The zero-order valence-electron chi connectivity index (χ0n) is 49.7. The zero-order chi connectivity index (χ0) is 66.5. The highest BCUT2D eigenvalue weighted by Crippen LogP contribution is 2.46. The van der Waals surface area contributed by atoms with Gasteiger partial charge in [-0.25, -0.2) is 4.79 Å². The van der Waals surface area contributed by atoms with Gasteiger partial charge in [0, 0.05) is 18.8 Å². The van der Waals surface area contributed by atoms with Crippen molar-refractivity contribution < 1.29 is 173 Å². The number of aliphatic hydroxyl groups excluding tert-OH is 18. The standard InChI is InChI=1S/C57H88O35/c58-14-30-36(68)40(72)46(78)55(86-30)92-52-42(74)37(69)31(15-59)87-57(52)90-49-39(71)35-26(65)10-21(11-28(35)84-48(49)17-1-4-19(60)5-2-17)82-56-51(44(76)43(75)50(91-56)53(79)80)89-34(67)13-33(66)81-16-32-38(70)41(73)45(77)54(88-32)85-29-12-22-24(63)8-20(61)9-27(22)83-47(29)18-3-6-23(62)25(64)7-18/h17-32,35-38,40-52,54-65,68-70,72-78H,1-16H2,(H,79,80)/t17?,18?,19?,20?,21?,22?,23?,24?,25?,26?,27?,28?,29?,30-,31-,32-,35?,36-,37-,38-,40+,41+,42+,43+,44+,45-,46-,47?,48?,49?,50+,51-,52-,54-,55+,56-,57+/m1/s1. The van der Waals surface area contributed by atoms with E-state index in [1.807, 2.05) is 0 Å². The highest BCUT2D eigenvalue weighted by molar-refractivity contribution is 5.91. The molecule has 10 aliphatic rings. The molecule has 526 valence electrons. The molecule has 10 fully saturated rings. The predicted octanol–water partition coefficient (Wildman–Crippen LogP) is -9.58. The number of Topliss-reactive ketones (excluding diaryl/α,β-unsaturated/α-hetero) is 1. The van der Waals surface area contributed by atoms with E-state index in [2.05, 4.69) is 0 Å². The number of rotatable bonds is 18. The molecule has 35 nitrogen and oxygen atoms in total. The van der Waals surface area contributed by atoms with E-state index in [9.17, 15) is 116 Å². The SMILES string of the molecule is O=C(CC(=O)O[C@H]1[C@H](OC2CC(O)C3C(=O)C(O[C@@H]4O[C@H](CO)[C@@H](O)[C@H](O)[C@H]4O[C@@H]4O[C@H](CO)[C@@H](O)[C@H](O)[C@H]4O)C(C4CCC(O)CC4)OC3C2)O[C@H](C(=O)O)[C@@H](O)[C@@H]1O)OC[C@H]1O[C@@H](OC2CC3C(O)CC(O)CC3OC2C2CCC(O)C(O)C2)[C@H](O)[C@@H](O)[C@@H]1O. The first-order chi connectivity index (χ1) is 43.7. The van der Waals surface area contributed by atoms with E-state index in [4.69, 9.17) is 56.8 Å². The summed E-state index contributed by atoms with van der Waals surface area (Å²) in [6, 6.07) is 0. The normalized spacial score (nSPS) is 51.0. The van der Waals surface area contributed by atoms with Crippen LogP contribution in [0, 0.1) is 23.7 Å². The zero-order valence-corrected chi connectivity index (χ0v) is 49.7. The molecular weight excluding hydrogens is 1240 g/mol. The lowest BCUT2D eigenvalue weighted by atomic mass is 9.72. The number of carboxylic acids is 1. The predicted molar refractivity (Wildman–Crippen MR) is 289 cm³/mol. The van der Waals surface area contributed by atoms with Crippen molar-refractivity contribution in [2.45, 2.75) is 286 Å². The first kappa shape index (κ1) is 71.7. The molecule has 19 N–H and O–H groups in total. The van der Waals surface area contributed by atoms with Crippen LogP contribution in [0.15, 0.2) is 0 Å². The maximum Gasteiger partial charge on any atom is 0.335 e. The number of hydrogen-bond donors (Lipinski definition) is 19. The maximum atomic E-state index is 14.9. The van der Waals surface area contributed by atoms with Crippen molar-refractivity contribution in [3.8, 4) is 0 Å². The second kappa shape index (κ2) is 30.4. The van der Waals surface area contributed by atoms with Gasteiger partial charge in [-0.05, 0) is 76.0 Å². The molecule has 0 aromatic heterocycles. The number of esters is 2. The molecule has 35 atom stereocenters. The molecule has 4 aliphatic carbocycles. The minimum Gasteiger partial charge on any atom is -0.479 e. The summed E-state index contributed by atoms with van der Waals surface area (Å²) in [7, 11) is 0. The number of ether oxygens (including phenoxy) is 12. The van der Waals surface area contributed by atoms with Crippen molar-refractivity contribution in [3.63, 3.8) is 0 Å². The number of aliphatic carboxylic acids is 1. The molecule has 0 bridgehead atoms. The number of aliphatic hydroxyl groups is 18. The van der Waals surface area contributed by atoms with Crippen LogP contribution in [0.3, 0.4) is 0 Å². The van der Waals surface area contributed by atoms with Gasteiger partial charge in [-0.2, -0.15) is 0 Å². The Balaban J connectivity index is 0.795. The third-order valence-corrected chi connectivity index (χ3v) is 20.0. The van der Waals surface area contributed by atoms with Crippen molar-refractivity contribution in [1.29, 1.82) is 0 Å². The molecule has 0 amide bonds. The summed E-state index contributed by atoms with van der Waals surface area (Å²) in [4.78, 5) is 54.1. The number of carbonyl (C=O) groups excluding carboxylic acids is 3. The van der Waals surface area contributed by atoms with E-state index in [0.717, 1.165) is 0 Å². The molecular formula is C57H88O35. The maximum absolute atomic E-state index is 14.9. The van der Waals surface area contributed by atoms with Crippen LogP contribution in [0.25, 0.3) is 0 Å². The van der Waals surface area contributed by atoms with E-state index < -0.39 is 282 Å². The molecule has 0 radical (unpaired) electrons. The minimum absolute atomic E-state index is 0.0445. The quantitative estimate of drug-likeness (QED) is 0.0448. The van der Waals surface area contributed by atoms with Gasteiger partial charge in [0.25, 0.3) is 0 Å². The van der Waals surface area contributed by atoms with Crippen LogP contribution < -0.4 is 0 Å². The molecule has 92 heavy (non-hydrogen) atoms. The van der Waals surface area contributed by atoms with Gasteiger partial charge >= 0.3 is 17.9 Å². The summed E-state index contributed by atoms with van der Waals surface area (Å²) >= 11 is 0. The third-order valence-electron chi connectivity index (χ3n) is 20.0. The lowest BCUT2D eigenvalue weighted by molar-refractivity contribution is -0.375. The third kappa shape index (κ3) is 15.3. The molecule has 0 spiro atoms. The summed E-state index contributed by atoms with van der Waals surface area (Å²) in [6.07, 6.45) is -53.5. The summed E-state index contributed by atoms with van der Waals surface area (Å²) in [6.45, 7) is -2.68. The van der Waals surface area contributed by atoms with Crippen LogP contribution in [0.1, 0.15) is 83.5 Å². The van der Waals surface area contributed by atoms with Crippen molar-refractivity contribution in [1.82, 2.24) is 0 Å². The molecule has 10 rings (SSSR count). The van der Waals surface area contributed by atoms with E-state index >= 15 is 0 Å². The minimum atomic E-state index is -2.30. The fourth-order valence-electron chi connectivity index (χ4n) is 14.9. The van der Waals surface area contributed by atoms with Gasteiger partial charge in [0.2, 0.25) is 0 Å². The van der Waals surface area contributed by atoms with Crippen molar-refractivity contribution in [2.24, 2.45) is 23.7 Å². The molecule has 6 heterocycles. The van der Waals surface area contributed by atoms with Gasteiger partial charge in [-0.1, -0.05) is 0 Å². The molecule has 6 saturated heterocycles. The van der Waals surface area contributed by atoms with E-state index in [-0.39, 0.29) is 64.2 Å². The van der Waals surface area contributed by atoms with Gasteiger partial charge in [0.05, 0.1) is 92.4 Å². The Morgan fingerprint density at radius 2 is 1.03 bits per heavy atom. The summed E-state index contributed by atoms with van der Waals surface area (Å²) in [5, 5.41) is 204. The van der Waals surface area contributed by atoms with Crippen LogP contribution in [-0.4, -0.2) is 343 Å². The molecule has 35 heteroatoms. The Morgan fingerprint density at radius 1 is 0.446 bits per heavy atom. The Morgan fingerprint density at radius 3 is 1.68 bits per heavy atom. The second-order valence-electron chi connectivity index (χ2n) is 26.2. The number of fused-ring (bicyclic) bond motifs is 2. The van der Waals surface area contributed by atoms with Crippen molar-refractivity contribution >= 4 is 23.7 Å². The number of ketones is 1. The Labute approximate surface area is 524 Å². The first-order valence-electron chi connectivity index (χ1n) is 31.4. The van der Waals surface area contributed by atoms with Gasteiger partial charge in [-0.3, -0.25) is 14.4 Å². The van der Waals surface area contributed by atoms with E-state index in [1.54, 1.807) is 0 Å². The van der Waals surface area contributed by atoms with Crippen LogP contribution >= 0.6 is 0 Å². The smallest absolute Gasteiger partial charge is 0.335 e. The highest BCUT2D eigenvalue weighted by atomic mass is 16.8.